The highest BCUT2D eigenvalue weighted by Gasteiger charge is 2.21. The smallest absolute Gasteiger partial charge is 0.191 e. The summed E-state index contributed by atoms with van der Waals surface area (Å²) in [6.45, 7) is 5.18. The van der Waals surface area contributed by atoms with Crippen molar-refractivity contribution in [3.05, 3.63) is 52.4 Å². The summed E-state index contributed by atoms with van der Waals surface area (Å²) >= 11 is 7.96. The topological polar surface area (TPSA) is 59.9 Å². The van der Waals surface area contributed by atoms with Crippen LogP contribution in [0.15, 0.2) is 46.8 Å². The molecular weight excluding hydrogens is 507 g/mol. The third-order valence-electron chi connectivity index (χ3n) is 4.68. The van der Waals surface area contributed by atoms with Crippen molar-refractivity contribution in [3.63, 3.8) is 0 Å². The molecule has 0 spiro atoms. The summed E-state index contributed by atoms with van der Waals surface area (Å²) < 4.78 is 0. The molecule has 8 heteroatoms. The lowest BCUT2D eigenvalue weighted by atomic mass is 10.1. The Balaban J connectivity index is 0.00000280. The lowest BCUT2D eigenvalue weighted by Gasteiger charge is -2.33. The van der Waals surface area contributed by atoms with Crippen LogP contribution in [0.25, 0.3) is 0 Å². The van der Waals surface area contributed by atoms with E-state index in [9.17, 15) is 5.11 Å². The fourth-order valence-electron chi connectivity index (χ4n) is 3.23. The molecule has 154 valence electrons. The molecule has 3 N–H and O–H groups in total. The van der Waals surface area contributed by atoms with Crippen molar-refractivity contribution in [1.29, 1.82) is 0 Å². The molecule has 1 aromatic heterocycles. The maximum Gasteiger partial charge on any atom is 0.191 e. The molecule has 2 heterocycles. The summed E-state index contributed by atoms with van der Waals surface area (Å²) in [6, 6.07) is 12.0. The Morgan fingerprint density at radius 2 is 2.04 bits per heavy atom. The molecule has 2 aromatic rings. The van der Waals surface area contributed by atoms with Gasteiger partial charge in [0, 0.05) is 36.3 Å². The van der Waals surface area contributed by atoms with E-state index < -0.39 is 6.10 Å². The minimum absolute atomic E-state index is 0. The van der Waals surface area contributed by atoms with Gasteiger partial charge in [0.25, 0.3) is 0 Å². The van der Waals surface area contributed by atoms with Crippen LogP contribution >= 0.6 is 46.9 Å². The Kier molecular flexibility index (Phi) is 9.84. The van der Waals surface area contributed by atoms with E-state index in [2.05, 4.69) is 38.0 Å². The van der Waals surface area contributed by atoms with E-state index in [0.717, 1.165) is 38.4 Å². The summed E-state index contributed by atoms with van der Waals surface area (Å²) in [5.74, 6) is 0.748. The van der Waals surface area contributed by atoms with Crippen molar-refractivity contribution < 1.29 is 5.11 Å². The highest BCUT2D eigenvalue weighted by molar-refractivity contribution is 14.0. The normalized spacial score (nSPS) is 16.4. The molecule has 0 saturated carbocycles. The van der Waals surface area contributed by atoms with E-state index in [1.54, 1.807) is 17.4 Å². The molecule has 3 rings (SSSR count). The van der Waals surface area contributed by atoms with E-state index in [4.69, 9.17) is 11.6 Å². The zero-order chi connectivity index (χ0) is 19.1. The summed E-state index contributed by atoms with van der Waals surface area (Å²) in [5, 5.41) is 21.2. The first-order valence-electron chi connectivity index (χ1n) is 9.43. The highest BCUT2D eigenvalue weighted by atomic mass is 127. The molecule has 1 aliphatic heterocycles. The number of aliphatic hydroxyl groups excluding tert-OH is 1. The zero-order valence-electron chi connectivity index (χ0n) is 16.0. The number of hydrogen-bond donors (Lipinski definition) is 3. The molecule has 0 amide bonds. The lowest BCUT2D eigenvalue weighted by molar-refractivity contribution is 0.187. The van der Waals surface area contributed by atoms with Crippen LogP contribution in [-0.2, 0) is 0 Å². The number of aliphatic hydroxyl groups is 1. The van der Waals surface area contributed by atoms with Crippen molar-refractivity contribution in [2.24, 2.45) is 4.99 Å². The Labute approximate surface area is 193 Å². The second-order valence-corrected chi connectivity index (χ2v) is 7.95. The molecule has 1 saturated heterocycles. The van der Waals surface area contributed by atoms with Crippen LogP contribution in [0.5, 0.6) is 0 Å². The number of halogens is 2. The van der Waals surface area contributed by atoms with Gasteiger partial charge >= 0.3 is 0 Å². The monoisotopic (exact) mass is 534 g/mol. The van der Waals surface area contributed by atoms with Crippen LogP contribution in [0.2, 0.25) is 5.02 Å². The van der Waals surface area contributed by atoms with Gasteiger partial charge in [0.1, 0.15) is 6.10 Å². The van der Waals surface area contributed by atoms with Gasteiger partial charge in [-0.05, 0) is 43.3 Å². The molecule has 1 aliphatic rings. The van der Waals surface area contributed by atoms with E-state index in [1.165, 1.54) is 5.00 Å². The fraction of sp³-hybridized carbons (Fsp3) is 0.450. The van der Waals surface area contributed by atoms with E-state index in [1.807, 2.05) is 25.1 Å². The van der Waals surface area contributed by atoms with Gasteiger partial charge in [-0.2, -0.15) is 0 Å². The number of nitrogens with one attached hydrogen (secondary N) is 2. The molecule has 1 aromatic carbocycles. The Morgan fingerprint density at radius 3 is 2.68 bits per heavy atom. The molecule has 28 heavy (non-hydrogen) atoms. The molecule has 1 unspecified atom stereocenters. The van der Waals surface area contributed by atoms with Gasteiger partial charge in [-0.25, -0.2) is 0 Å². The minimum atomic E-state index is -0.713. The van der Waals surface area contributed by atoms with Crippen molar-refractivity contribution in [3.8, 4) is 0 Å². The van der Waals surface area contributed by atoms with Crippen molar-refractivity contribution in [2.45, 2.75) is 31.9 Å². The van der Waals surface area contributed by atoms with E-state index in [-0.39, 0.29) is 30.5 Å². The Bertz CT molecular complexity index is 736. The van der Waals surface area contributed by atoms with Crippen LogP contribution < -0.4 is 15.5 Å². The van der Waals surface area contributed by atoms with Gasteiger partial charge < -0.3 is 20.6 Å². The van der Waals surface area contributed by atoms with Gasteiger partial charge in [0.15, 0.2) is 5.96 Å². The Morgan fingerprint density at radius 1 is 1.29 bits per heavy atom. The lowest BCUT2D eigenvalue weighted by Crippen LogP contribution is -2.48. The molecule has 1 fully saturated rings. The van der Waals surface area contributed by atoms with Crippen LogP contribution in [0.4, 0.5) is 5.00 Å². The highest BCUT2D eigenvalue weighted by Crippen LogP contribution is 2.25. The molecule has 1 atom stereocenters. The predicted molar refractivity (Wildman–Crippen MR) is 130 cm³/mol. The Hall–Kier alpha value is -1.03. The first kappa shape index (κ1) is 23.3. The maximum atomic E-state index is 10.4. The number of guanidine groups is 1. The quantitative estimate of drug-likeness (QED) is 0.294. The first-order valence-corrected chi connectivity index (χ1v) is 10.7. The molecular formula is C20H28ClIN4OS. The number of benzene rings is 1. The van der Waals surface area contributed by atoms with Crippen molar-refractivity contribution in [1.82, 2.24) is 10.6 Å². The number of aliphatic imine (C=N–C) groups is 1. The van der Waals surface area contributed by atoms with Gasteiger partial charge in [-0.15, -0.1) is 35.3 Å². The van der Waals surface area contributed by atoms with E-state index >= 15 is 0 Å². The second-order valence-electron chi connectivity index (χ2n) is 6.61. The zero-order valence-corrected chi connectivity index (χ0v) is 19.9. The first-order chi connectivity index (χ1) is 13.2. The standard InChI is InChI=1S/C20H27ClN4OS.HI/c1-2-22-20(23-14-18(26)16-6-3-4-7-17(16)21)24-15-9-11-25(12-10-15)19-8-5-13-27-19;/h3-8,13,15,18,26H,2,9-12,14H2,1H3,(H2,22,23,24);1H. The number of piperidine rings is 1. The van der Waals surface area contributed by atoms with Crippen molar-refractivity contribution in [2.75, 3.05) is 31.1 Å². The van der Waals surface area contributed by atoms with Gasteiger partial charge in [0.05, 0.1) is 11.5 Å². The number of rotatable bonds is 6. The number of nitrogens with zero attached hydrogens (tertiary/aromatic N) is 2. The van der Waals surface area contributed by atoms with Gasteiger partial charge in [-0.3, -0.25) is 4.99 Å². The average molecular weight is 535 g/mol. The second kappa shape index (κ2) is 11.8. The third-order valence-corrected chi connectivity index (χ3v) is 5.96. The molecule has 5 nitrogen and oxygen atoms in total. The minimum Gasteiger partial charge on any atom is -0.386 e. The number of anilines is 1. The predicted octanol–water partition coefficient (Wildman–Crippen LogP) is 4.28. The summed E-state index contributed by atoms with van der Waals surface area (Å²) in [6.07, 6.45) is 1.42. The molecule has 0 aliphatic carbocycles. The van der Waals surface area contributed by atoms with Crippen LogP contribution in [0, 0.1) is 0 Å². The molecule has 0 bridgehead atoms. The van der Waals surface area contributed by atoms with E-state index in [0.29, 0.717) is 16.6 Å². The van der Waals surface area contributed by atoms with Crippen molar-refractivity contribution >= 4 is 57.9 Å². The summed E-state index contributed by atoms with van der Waals surface area (Å²) in [7, 11) is 0. The van der Waals surface area contributed by atoms with Crippen LogP contribution in [0.3, 0.4) is 0 Å². The summed E-state index contributed by atoms with van der Waals surface area (Å²) in [5.41, 5.74) is 0.711. The number of hydrogen-bond acceptors (Lipinski definition) is 4. The van der Waals surface area contributed by atoms with Crippen LogP contribution in [0.1, 0.15) is 31.4 Å². The fourth-order valence-corrected chi connectivity index (χ4v) is 4.28. The SMILES string of the molecule is CCNC(=NCC(O)c1ccccc1Cl)NC1CCN(c2cccs2)CC1.I. The van der Waals surface area contributed by atoms with Gasteiger partial charge in [0.2, 0.25) is 0 Å². The average Bonchev–Trinajstić information content (AvgIpc) is 3.22. The largest absolute Gasteiger partial charge is 0.386 e. The third kappa shape index (κ3) is 6.50. The maximum absolute atomic E-state index is 10.4. The number of thiophene rings is 1. The summed E-state index contributed by atoms with van der Waals surface area (Å²) in [4.78, 5) is 7.01. The molecule has 0 radical (unpaired) electrons. The van der Waals surface area contributed by atoms with Crippen LogP contribution in [-0.4, -0.2) is 43.3 Å². The van der Waals surface area contributed by atoms with Gasteiger partial charge in [-0.1, -0.05) is 29.8 Å².